The Morgan fingerprint density at radius 3 is 2.64 bits per heavy atom. The number of nitrogens with zero attached hydrogens (tertiary/aromatic N) is 1. The van der Waals surface area contributed by atoms with Gasteiger partial charge in [0.05, 0.1) is 25.1 Å². The number of benzene rings is 1. The topological polar surface area (TPSA) is 80.3 Å². The van der Waals surface area contributed by atoms with Crippen LogP contribution in [0, 0.1) is 12.8 Å². The molecular formula is C22H25N3O3. The number of aryl methyl sites for hydroxylation is 1. The summed E-state index contributed by atoms with van der Waals surface area (Å²) in [7, 11) is 0. The Balaban J connectivity index is 1.29. The van der Waals surface area contributed by atoms with E-state index in [1.54, 1.807) is 12.4 Å². The van der Waals surface area contributed by atoms with E-state index < -0.39 is 0 Å². The molecule has 4 rings (SSSR count). The first-order chi connectivity index (χ1) is 13.6. The molecule has 2 heterocycles. The summed E-state index contributed by atoms with van der Waals surface area (Å²) in [5.74, 6) is -0.0296. The van der Waals surface area contributed by atoms with Crippen LogP contribution in [0.1, 0.15) is 52.7 Å². The molecule has 0 bridgehead atoms. The van der Waals surface area contributed by atoms with Gasteiger partial charge in [0, 0.05) is 23.7 Å². The molecule has 0 saturated heterocycles. The highest BCUT2D eigenvalue weighted by Gasteiger charge is 2.27. The van der Waals surface area contributed by atoms with Crippen molar-refractivity contribution in [3.8, 4) is 0 Å². The molecule has 146 valence electrons. The van der Waals surface area contributed by atoms with Crippen LogP contribution in [-0.2, 0) is 22.7 Å². The van der Waals surface area contributed by atoms with Crippen molar-refractivity contribution in [2.75, 3.05) is 5.32 Å². The lowest BCUT2D eigenvalue weighted by Gasteiger charge is -2.28. The van der Waals surface area contributed by atoms with Gasteiger partial charge in [0.25, 0.3) is 5.91 Å². The monoisotopic (exact) mass is 379 g/mol. The second-order valence-corrected chi connectivity index (χ2v) is 7.68. The van der Waals surface area contributed by atoms with E-state index in [-0.39, 0.29) is 23.8 Å². The summed E-state index contributed by atoms with van der Waals surface area (Å²) in [5, 5.41) is 6.11. The van der Waals surface area contributed by atoms with Gasteiger partial charge in [-0.05, 0) is 67.5 Å². The number of amides is 2. The van der Waals surface area contributed by atoms with Crippen LogP contribution in [0.25, 0.3) is 0 Å². The van der Waals surface area contributed by atoms with E-state index in [0.29, 0.717) is 18.8 Å². The Bertz CT molecular complexity index is 888. The van der Waals surface area contributed by atoms with Gasteiger partial charge >= 0.3 is 0 Å². The summed E-state index contributed by atoms with van der Waals surface area (Å²) in [6.07, 6.45) is 6.56. The molecule has 1 aromatic carbocycles. The maximum Gasteiger partial charge on any atom is 0.251 e. The number of pyridine rings is 1. The zero-order chi connectivity index (χ0) is 19.5. The van der Waals surface area contributed by atoms with Gasteiger partial charge in [0.15, 0.2) is 0 Å². The average molecular weight is 379 g/mol. The molecule has 6 heteroatoms. The number of ether oxygens (including phenoxy) is 1. The maximum atomic E-state index is 12.6. The fourth-order valence-electron chi connectivity index (χ4n) is 3.91. The molecule has 1 aliphatic carbocycles. The molecule has 2 aromatic rings. The normalized spacial score (nSPS) is 21.0. The van der Waals surface area contributed by atoms with Crippen molar-refractivity contribution in [2.24, 2.45) is 5.92 Å². The van der Waals surface area contributed by atoms with E-state index in [4.69, 9.17) is 4.74 Å². The van der Waals surface area contributed by atoms with E-state index in [1.807, 2.05) is 31.2 Å². The minimum Gasteiger partial charge on any atom is -0.372 e. The molecule has 28 heavy (non-hydrogen) atoms. The molecule has 1 saturated carbocycles. The van der Waals surface area contributed by atoms with Crippen LogP contribution in [0.5, 0.6) is 0 Å². The highest BCUT2D eigenvalue weighted by molar-refractivity contribution is 5.95. The predicted molar refractivity (Wildman–Crippen MR) is 106 cm³/mol. The standard InChI is InChI=1S/C22H25N3O3/c1-14-8-9-23-11-20(14)25-21(26)15-4-6-19(7-5-15)24-22(27)16-2-3-17-12-28-13-18(17)10-16/h2-3,8-11,15,19H,4-7,12-13H2,1H3,(H,24,27)(H,25,26). The third kappa shape index (κ3) is 4.07. The number of aromatic nitrogens is 1. The average Bonchev–Trinajstić information content (AvgIpc) is 3.18. The first-order valence-electron chi connectivity index (χ1n) is 9.82. The molecule has 1 aromatic heterocycles. The summed E-state index contributed by atoms with van der Waals surface area (Å²) >= 11 is 0. The van der Waals surface area contributed by atoms with Gasteiger partial charge < -0.3 is 15.4 Å². The molecule has 2 N–H and O–H groups in total. The van der Waals surface area contributed by atoms with Gasteiger partial charge in [0.1, 0.15) is 0 Å². The molecule has 0 unspecified atom stereocenters. The van der Waals surface area contributed by atoms with Crippen LogP contribution in [0.4, 0.5) is 5.69 Å². The number of hydrogen-bond acceptors (Lipinski definition) is 4. The molecule has 1 fully saturated rings. The largest absolute Gasteiger partial charge is 0.372 e. The van der Waals surface area contributed by atoms with Crippen LogP contribution < -0.4 is 10.6 Å². The number of fused-ring (bicyclic) bond motifs is 1. The second kappa shape index (κ2) is 8.10. The number of anilines is 1. The van der Waals surface area contributed by atoms with Gasteiger partial charge in [-0.15, -0.1) is 0 Å². The molecule has 0 radical (unpaired) electrons. The van der Waals surface area contributed by atoms with Crippen LogP contribution in [-0.4, -0.2) is 22.8 Å². The van der Waals surface area contributed by atoms with E-state index in [0.717, 1.165) is 48.1 Å². The van der Waals surface area contributed by atoms with E-state index in [2.05, 4.69) is 15.6 Å². The lowest BCUT2D eigenvalue weighted by Crippen LogP contribution is -2.39. The minimum absolute atomic E-state index is 0.0232. The van der Waals surface area contributed by atoms with Gasteiger partial charge in [-0.3, -0.25) is 14.6 Å². The summed E-state index contributed by atoms with van der Waals surface area (Å²) in [4.78, 5) is 29.2. The number of rotatable bonds is 4. The van der Waals surface area contributed by atoms with Crippen molar-refractivity contribution in [3.63, 3.8) is 0 Å². The molecule has 0 spiro atoms. The summed E-state index contributed by atoms with van der Waals surface area (Å²) in [6.45, 7) is 3.16. The number of hydrogen-bond donors (Lipinski definition) is 2. The van der Waals surface area contributed by atoms with E-state index >= 15 is 0 Å². The third-order valence-corrected chi connectivity index (χ3v) is 5.71. The van der Waals surface area contributed by atoms with Gasteiger partial charge in [0.2, 0.25) is 5.91 Å². The van der Waals surface area contributed by atoms with Crippen LogP contribution in [0.15, 0.2) is 36.7 Å². The molecule has 1 aliphatic heterocycles. The zero-order valence-corrected chi connectivity index (χ0v) is 16.0. The predicted octanol–water partition coefficient (Wildman–Crippen LogP) is 3.35. The smallest absolute Gasteiger partial charge is 0.251 e. The molecule has 0 atom stereocenters. The number of carbonyl (C=O) groups excluding carboxylic acids is 2. The first kappa shape index (κ1) is 18.6. The highest BCUT2D eigenvalue weighted by Crippen LogP contribution is 2.27. The lowest BCUT2D eigenvalue weighted by molar-refractivity contribution is -0.120. The fourth-order valence-corrected chi connectivity index (χ4v) is 3.91. The molecule has 2 amide bonds. The molecular weight excluding hydrogens is 354 g/mol. The van der Waals surface area contributed by atoms with E-state index in [9.17, 15) is 9.59 Å². The van der Waals surface area contributed by atoms with Crippen molar-refractivity contribution in [1.29, 1.82) is 0 Å². The Labute approximate surface area is 164 Å². The minimum atomic E-state index is -0.0476. The van der Waals surface area contributed by atoms with Crippen LogP contribution >= 0.6 is 0 Å². The van der Waals surface area contributed by atoms with E-state index in [1.165, 1.54) is 0 Å². The second-order valence-electron chi connectivity index (χ2n) is 7.68. The van der Waals surface area contributed by atoms with Gasteiger partial charge in [-0.2, -0.15) is 0 Å². The van der Waals surface area contributed by atoms with Crippen molar-refractivity contribution in [1.82, 2.24) is 10.3 Å². The Hall–Kier alpha value is -2.73. The summed E-state index contributed by atoms with van der Waals surface area (Å²) in [6, 6.07) is 7.75. The first-order valence-corrected chi connectivity index (χ1v) is 9.82. The molecule has 6 nitrogen and oxygen atoms in total. The van der Waals surface area contributed by atoms with Crippen molar-refractivity contribution < 1.29 is 14.3 Å². The van der Waals surface area contributed by atoms with Gasteiger partial charge in [-0.25, -0.2) is 0 Å². The summed E-state index contributed by atoms with van der Waals surface area (Å²) in [5.41, 5.74) is 4.70. The van der Waals surface area contributed by atoms with Crippen molar-refractivity contribution in [2.45, 2.75) is 51.9 Å². The fraction of sp³-hybridized carbons (Fsp3) is 0.409. The number of nitrogens with one attached hydrogen (secondary N) is 2. The Morgan fingerprint density at radius 2 is 1.86 bits per heavy atom. The summed E-state index contributed by atoms with van der Waals surface area (Å²) < 4.78 is 5.41. The zero-order valence-electron chi connectivity index (χ0n) is 16.0. The Kier molecular flexibility index (Phi) is 5.39. The van der Waals surface area contributed by atoms with Crippen molar-refractivity contribution in [3.05, 3.63) is 58.9 Å². The highest BCUT2D eigenvalue weighted by atomic mass is 16.5. The van der Waals surface area contributed by atoms with Gasteiger partial charge in [-0.1, -0.05) is 6.07 Å². The maximum absolute atomic E-state index is 12.6. The quantitative estimate of drug-likeness (QED) is 0.854. The molecule has 2 aliphatic rings. The van der Waals surface area contributed by atoms with Crippen LogP contribution in [0.2, 0.25) is 0 Å². The number of carbonyl (C=O) groups is 2. The van der Waals surface area contributed by atoms with Crippen LogP contribution in [0.3, 0.4) is 0 Å². The van der Waals surface area contributed by atoms with Crippen molar-refractivity contribution >= 4 is 17.5 Å². The third-order valence-electron chi connectivity index (χ3n) is 5.71. The Morgan fingerprint density at radius 1 is 1.07 bits per heavy atom. The lowest BCUT2D eigenvalue weighted by atomic mass is 9.85. The SMILES string of the molecule is Cc1ccncc1NC(=O)C1CCC(NC(=O)c2ccc3c(c2)COC3)CC1.